The number of nitrogens with two attached hydrogens (primary N) is 1. The highest BCUT2D eigenvalue weighted by atomic mass is 79.9. The van der Waals surface area contributed by atoms with Gasteiger partial charge in [-0.1, -0.05) is 28.1 Å². The Balaban J connectivity index is 2.31. The lowest BCUT2D eigenvalue weighted by atomic mass is 10.2. The van der Waals surface area contributed by atoms with Gasteiger partial charge < -0.3 is 11.1 Å². The maximum atomic E-state index is 11.9. The van der Waals surface area contributed by atoms with E-state index >= 15 is 0 Å². The van der Waals surface area contributed by atoms with E-state index in [0.29, 0.717) is 16.1 Å². The van der Waals surface area contributed by atoms with Crippen molar-refractivity contribution in [3.8, 4) is 0 Å². The molecular weight excluding hydrogens is 334 g/mol. The molecule has 0 radical (unpaired) electrons. The lowest BCUT2D eigenvalue weighted by Gasteiger charge is -2.09. The molecule has 0 saturated carbocycles. The molecule has 2 rings (SSSR count). The van der Waals surface area contributed by atoms with Crippen LogP contribution in [0.15, 0.2) is 34.4 Å². The van der Waals surface area contributed by atoms with Crippen LogP contribution >= 0.6 is 39.5 Å². The summed E-state index contributed by atoms with van der Waals surface area (Å²) in [6.07, 6.45) is 1.51. The van der Waals surface area contributed by atoms with Crippen LogP contribution in [-0.4, -0.2) is 15.9 Å². The molecule has 0 aliphatic carbocycles. The van der Waals surface area contributed by atoms with Gasteiger partial charge in [-0.3, -0.25) is 9.78 Å². The van der Waals surface area contributed by atoms with Crippen LogP contribution in [0.25, 0.3) is 0 Å². The first kappa shape index (κ1) is 13.1. The molecule has 92 valence electrons. The average Bonchev–Trinajstić information content (AvgIpc) is 2.81. The fraction of sp³-hybridized carbons (Fsp3) is 0. The van der Waals surface area contributed by atoms with E-state index in [-0.39, 0.29) is 10.9 Å². The number of halogens is 1. The minimum Gasteiger partial charge on any atom is -0.389 e. The molecule has 0 saturated heterocycles. The molecule has 0 aliphatic rings. The van der Waals surface area contributed by atoms with Crippen molar-refractivity contribution >= 4 is 56.1 Å². The normalized spacial score (nSPS) is 10.1. The summed E-state index contributed by atoms with van der Waals surface area (Å²) in [5.41, 5.74) is 8.43. The van der Waals surface area contributed by atoms with Gasteiger partial charge >= 0.3 is 0 Å². The van der Waals surface area contributed by atoms with Crippen molar-refractivity contribution in [2.24, 2.45) is 5.73 Å². The number of anilines is 1. The van der Waals surface area contributed by atoms with E-state index in [0.717, 1.165) is 4.47 Å². The number of amides is 1. The topological polar surface area (TPSA) is 68.0 Å². The quantitative estimate of drug-likeness (QED) is 0.842. The minimum atomic E-state index is -0.229. The summed E-state index contributed by atoms with van der Waals surface area (Å²) in [4.78, 5) is 16.5. The van der Waals surface area contributed by atoms with E-state index in [4.69, 9.17) is 18.0 Å². The summed E-state index contributed by atoms with van der Waals surface area (Å²) < 4.78 is 0.835. The number of carbonyl (C=O) groups is 1. The minimum absolute atomic E-state index is 0.229. The lowest BCUT2D eigenvalue weighted by molar-refractivity contribution is 0.103. The lowest BCUT2D eigenvalue weighted by Crippen LogP contribution is -2.17. The maximum absolute atomic E-state index is 11.9. The van der Waals surface area contributed by atoms with Gasteiger partial charge in [0.1, 0.15) is 9.87 Å². The molecule has 4 nitrogen and oxygen atoms in total. The number of thiocarbonyl (C=S) groups is 1. The first-order chi connectivity index (χ1) is 8.58. The van der Waals surface area contributed by atoms with Crippen molar-refractivity contribution < 1.29 is 4.79 Å². The molecule has 0 unspecified atom stereocenters. The van der Waals surface area contributed by atoms with Crippen molar-refractivity contribution in [3.63, 3.8) is 0 Å². The third kappa shape index (κ3) is 2.92. The van der Waals surface area contributed by atoms with Gasteiger partial charge in [0.15, 0.2) is 0 Å². The standard InChI is InChI=1S/C11H8BrN3OS2/c12-6-1-2-7(10(13)17)8(3-6)15-11(16)9-4-14-5-18-9/h1-5H,(H2,13,17)(H,15,16). The molecule has 0 atom stereocenters. The third-order valence-electron chi connectivity index (χ3n) is 2.15. The van der Waals surface area contributed by atoms with E-state index in [1.807, 2.05) is 6.07 Å². The number of aromatic nitrogens is 1. The van der Waals surface area contributed by atoms with Crippen molar-refractivity contribution in [1.82, 2.24) is 4.98 Å². The summed E-state index contributed by atoms with van der Waals surface area (Å²) in [7, 11) is 0. The van der Waals surface area contributed by atoms with Crippen molar-refractivity contribution in [3.05, 3.63) is 44.8 Å². The zero-order valence-corrected chi connectivity index (χ0v) is 12.2. The first-order valence-electron chi connectivity index (χ1n) is 4.87. The molecule has 0 spiro atoms. The fourth-order valence-electron chi connectivity index (χ4n) is 1.35. The molecule has 1 heterocycles. The summed E-state index contributed by atoms with van der Waals surface area (Å²) in [5.74, 6) is -0.229. The Bertz CT molecular complexity index is 598. The second-order valence-electron chi connectivity index (χ2n) is 3.37. The van der Waals surface area contributed by atoms with Gasteiger partial charge in [-0.15, -0.1) is 11.3 Å². The monoisotopic (exact) mass is 341 g/mol. The highest BCUT2D eigenvalue weighted by Gasteiger charge is 2.12. The van der Waals surface area contributed by atoms with Gasteiger partial charge in [-0.2, -0.15) is 0 Å². The molecule has 0 bridgehead atoms. The van der Waals surface area contributed by atoms with Crippen LogP contribution in [0.3, 0.4) is 0 Å². The number of rotatable bonds is 3. The van der Waals surface area contributed by atoms with Crippen molar-refractivity contribution in [2.75, 3.05) is 5.32 Å². The second kappa shape index (κ2) is 5.55. The summed E-state index contributed by atoms with van der Waals surface area (Å²) in [6, 6.07) is 5.33. The highest BCUT2D eigenvalue weighted by Crippen LogP contribution is 2.22. The zero-order valence-electron chi connectivity index (χ0n) is 9.01. The van der Waals surface area contributed by atoms with Crippen LogP contribution in [0.1, 0.15) is 15.2 Å². The van der Waals surface area contributed by atoms with Crippen LogP contribution in [0.2, 0.25) is 0 Å². The van der Waals surface area contributed by atoms with Crippen molar-refractivity contribution in [1.29, 1.82) is 0 Å². The predicted octanol–water partition coefficient (Wildman–Crippen LogP) is 2.79. The number of nitrogens with one attached hydrogen (secondary N) is 1. The van der Waals surface area contributed by atoms with Crippen LogP contribution in [0, 0.1) is 0 Å². The molecule has 0 fully saturated rings. The average molecular weight is 342 g/mol. The number of hydrogen-bond acceptors (Lipinski definition) is 4. The first-order valence-corrected chi connectivity index (χ1v) is 6.95. The van der Waals surface area contributed by atoms with Gasteiger partial charge in [0.25, 0.3) is 5.91 Å². The molecule has 0 aliphatic heterocycles. The van der Waals surface area contributed by atoms with Gasteiger partial charge in [0.2, 0.25) is 0 Å². The van der Waals surface area contributed by atoms with Crippen LogP contribution in [-0.2, 0) is 0 Å². The Morgan fingerprint density at radius 1 is 1.50 bits per heavy atom. The molecule has 1 amide bonds. The third-order valence-corrected chi connectivity index (χ3v) is 3.64. The molecule has 2 aromatic rings. The van der Waals surface area contributed by atoms with Crippen LogP contribution in [0.4, 0.5) is 5.69 Å². The molecular formula is C11H8BrN3OS2. The SMILES string of the molecule is NC(=S)c1ccc(Br)cc1NC(=O)c1cncs1. The van der Waals surface area contributed by atoms with E-state index in [2.05, 4.69) is 26.2 Å². The smallest absolute Gasteiger partial charge is 0.267 e. The largest absolute Gasteiger partial charge is 0.389 e. The van der Waals surface area contributed by atoms with E-state index < -0.39 is 0 Å². The Labute approximate surface area is 121 Å². The number of nitrogens with zero attached hydrogens (tertiary/aromatic N) is 1. The van der Waals surface area contributed by atoms with E-state index in [1.54, 1.807) is 17.6 Å². The highest BCUT2D eigenvalue weighted by molar-refractivity contribution is 9.10. The molecule has 1 aromatic heterocycles. The fourth-order valence-corrected chi connectivity index (χ4v) is 2.40. The van der Waals surface area contributed by atoms with Gasteiger partial charge in [-0.05, 0) is 18.2 Å². The van der Waals surface area contributed by atoms with E-state index in [1.165, 1.54) is 17.5 Å². The Morgan fingerprint density at radius 2 is 2.28 bits per heavy atom. The number of carbonyl (C=O) groups excluding carboxylic acids is 1. The van der Waals surface area contributed by atoms with Gasteiger partial charge in [-0.25, -0.2) is 0 Å². The summed E-state index contributed by atoms with van der Waals surface area (Å²) >= 11 is 9.56. The van der Waals surface area contributed by atoms with Crippen molar-refractivity contribution in [2.45, 2.75) is 0 Å². The molecule has 1 aromatic carbocycles. The van der Waals surface area contributed by atoms with Crippen LogP contribution < -0.4 is 11.1 Å². The zero-order chi connectivity index (χ0) is 13.1. The second-order valence-corrected chi connectivity index (χ2v) is 5.62. The number of benzene rings is 1. The van der Waals surface area contributed by atoms with Gasteiger partial charge in [0.05, 0.1) is 17.4 Å². The molecule has 18 heavy (non-hydrogen) atoms. The van der Waals surface area contributed by atoms with Gasteiger partial charge in [0, 0.05) is 10.0 Å². The Kier molecular flexibility index (Phi) is 4.05. The Morgan fingerprint density at radius 3 is 2.89 bits per heavy atom. The number of hydrogen-bond donors (Lipinski definition) is 2. The maximum Gasteiger partial charge on any atom is 0.267 e. The summed E-state index contributed by atoms with van der Waals surface area (Å²) in [5, 5.41) is 2.77. The van der Waals surface area contributed by atoms with Crippen LogP contribution in [0.5, 0.6) is 0 Å². The molecule has 7 heteroatoms. The number of thiazole rings is 1. The Hall–Kier alpha value is -1.31. The predicted molar refractivity (Wildman–Crippen MR) is 80.1 cm³/mol. The summed E-state index contributed by atoms with van der Waals surface area (Å²) in [6.45, 7) is 0. The van der Waals surface area contributed by atoms with E-state index in [9.17, 15) is 4.79 Å². The molecule has 3 N–H and O–H groups in total.